The van der Waals surface area contributed by atoms with Crippen molar-refractivity contribution in [2.24, 2.45) is 0 Å². The van der Waals surface area contributed by atoms with Gasteiger partial charge in [-0.1, -0.05) is 0 Å². The Morgan fingerprint density at radius 3 is 1.40 bits per heavy atom. The molecule has 5 heteroatoms. The van der Waals surface area contributed by atoms with Gasteiger partial charge in [-0.3, -0.25) is 0 Å². The molecule has 5 heavy (non-hydrogen) atoms. The minimum Gasteiger partial charge on any atom is 0 e. The molecule has 0 saturated heterocycles. The Balaban J connectivity index is -0.0000000133. The molecule has 0 amide bonds. The Morgan fingerprint density at radius 2 is 1.40 bits per heavy atom. The van der Waals surface area contributed by atoms with Crippen molar-refractivity contribution in [3.63, 3.8) is 0 Å². The zero-order valence-electron chi connectivity index (χ0n) is 2.83. The largest absolute Gasteiger partial charge is 0 e. The summed E-state index contributed by atoms with van der Waals surface area (Å²) in [5.74, 6) is 0. The fourth-order valence-corrected chi connectivity index (χ4v) is 0. The molecule has 0 N–H and O–H groups in total. The van der Waals surface area contributed by atoms with Crippen LogP contribution in [-0.4, -0.2) is 0 Å². The average molecular weight is 383 g/mol. The van der Waals surface area contributed by atoms with Crippen molar-refractivity contribution in [3.05, 3.63) is 0 Å². The molecule has 0 aliphatic carbocycles. The van der Waals surface area contributed by atoms with Gasteiger partial charge in [-0.2, -0.15) is 0 Å². The Hall–Kier alpha value is 3.13. The van der Waals surface area contributed by atoms with Crippen LogP contribution >= 0.6 is 10.1 Å². The molecule has 0 atom stereocenters. The van der Waals surface area contributed by atoms with Crippen LogP contribution in [0.4, 0.5) is 0 Å². The first-order valence-corrected chi connectivity index (χ1v) is 13.0. The molecule has 0 nitrogen and oxygen atoms in total. The molecule has 0 unspecified atom stereocenters. The maximum absolute atomic E-state index is 4.21. The zero-order valence-corrected chi connectivity index (χ0v) is 15.1. The summed E-state index contributed by atoms with van der Waals surface area (Å²) in [6.45, 7) is 0. The molecule has 0 spiro atoms. The SMILES string of the molecule is [Ag][Cd].[S]=[Zn].[Zn]. The third-order valence-corrected chi connectivity index (χ3v) is 0. The maximum atomic E-state index is 4.21. The van der Waals surface area contributed by atoms with E-state index in [9.17, 15) is 0 Å². The number of hydrogen-bond donors (Lipinski definition) is 0. The topological polar surface area (TPSA) is 0 Å². The predicted molar refractivity (Wildman–Crippen MR) is 7.59 cm³/mol. The molecule has 0 heterocycles. The van der Waals surface area contributed by atoms with Crippen LogP contribution < -0.4 is 0 Å². The minimum absolute atomic E-state index is 0. The summed E-state index contributed by atoms with van der Waals surface area (Å²) in [4.78, 5) is 0. The van der Waals surface area contributed by atoms with Crippen molar-refractivity contribution >= 4 is 10.1 Å². The number of hydrogen-bond acceptors (Lipinski definition) is 1. The summed E-state index contributed by atoms with van der Waals surface area (Å²) in [6.07, 6.45) is 0. The molecule has 23 valence electrons. The first kappa shape index (κ1) is 15.7. The minimum atomic E-state index is 0. The fraction of sp³-hybridized carbons (Fsp3) is 0. The van der Waals surface area contributed by atoms with Crippen LogP contribution in [0.5, 0.6) is 0 Å². The van der Waals surface area contributed by atoms with Crippen LogP contribution in [0.2, 0.25) is 0 Å². The van der Waals surface area contributed by atoms with E-state index in [0.717, 1.165) is 38.5 Å². The summed E-state index contributed by atoms with van der Waals surface area (Å²) in [7, 11) is 4.21. The quantitative estimate of drug-likeness (QED) is 0.554. The average Bonchev–Trinajstić information content (AvgIpc) is 1.50. The standard InChI is InChI=1S/Ag.Cd.S.2Zn. The first-order chi connectivity index (χ1) is 2.00. The number of rotatable bonds is 0. The second kappa shape index (κ2) is 27.4. The van der Waals surface area contributed by atoms with Gasteiger partial charge in [0.25, 0.3) is 0 Å². The van der Waals surface area contributed by atoms with Crippen molar-refractivity contribution in [1.82, 2.24) is 0 Å². The van der Waals surface area contributed by atoms with Gasteiger partial charge in [0.1, 0.15) is 0 Å². The van der Waals surface area contributed by atoms with Gasteiger partial charge in [-0.25, -0.2) is 0 Å². The van der Waals surface area contributed by atoms with E-state index in [0.29, 0.717) is 0 Å². The fourth-order valence-electron chi connectivity index (χ4n) is 0. The monoisotopic (exact) mass is 381 g/mol. The smallest absolute Gasteiger partial charge is 0 e. The predicted octanol–water partition coefficient (Wildman–Crippen LogP) is 0.638. The maximum Gasteiger partial charge on any atom is 0 e. The molecule has 0 aromatic heterocycles. The van der Waals surface area contributed by atoms with E-state index in [4.69, 9.17) is 0 Å². The molecular formula is AgCdSZn2. The molecule has 0 aromatic rings. The van der Waals surface area contributed by atoms with E-state index in [2.05, 4.69) is 26.5 Å². The van der Waals surface area contributed by atoms with Gasteiger partial charge in [-0.15, -0.1) is 0 Å². The molecule has 0 aliphatic heterocycles. The third-order valence-electron chi connectivity index (χ3n) is 0. The molecule has 0 saturated carbocycles. The summed E-state index contributed by atoms with van der Waals surface area (Å²) < 4.78 is 0. The molecule has 0 aliphatic rings. The van der Waals surface area contributed by atoms with Crippen LogP contribution in [0, 0.1) is 0 Å². The normalized spacial score (nSPS) is 2.80. The molecule has 0 radical (unpaired) electrons. The Labute approximate surface area is 82.6 Å². The van der Waals surface area contributed by atoms with E-state index in [1.807, 2.05) is 0 Å². The molecule has 0 fully saturated rings. The van der Waals surface area contributed by atoms with Gasteiger partial charge in [0, 0.05) is 19.5 Å². The second-order valence-corrected chi connectivity index (χ2v) is 0. The molecule has 0 bridgehead atoms. The van der Waals surface area contributed by atoms with Crippen LogP contribution in [-0.2, 0) is 74.4 Å². The van der Waals surface area contributed by atoms with E-state index >= 15 is 0 Å². The van der Waals surface area contributed by atoms with Crippen LogP contribution in [0.3, 0.4) is 0 Å². The van der Waals surface area contributed by atoms with E-state index in [1.54, 1.807) is 0 Å². The van der Waals surface area contributed by atoms with E-state index in [-0.39, 0.29) is 19.5 Å². The van der Waals surface area contributed by atoms with E-state index in [1.165, 1.54) is 0 Å². The molecular weight excluding hydrogens is 383 g/mol. The van der Waals surface area contributed by atoms with Crippen molar-refractivity contribution in [2.45, 2.75) is 0 Å². The summed E-state index contributed by atoms with van der Waals surface area (Å²) >= 11 is 5.04. The second-order valence-electron chi connectivity index (χ2n) is 0. The van der Waals surface area contributed by atoms with Gasteiger partial charge < -0.3 is 0 Å². The van der Waals surface area contributed by atoms with Crippen molar-refractivity contribution in [1.29, 1.82) is 0 Å². The molecule has 0 aromatic carbocycles. The Kier molecular flexibility index (Phi) is 85.9. The van der Waals surface area contributed by atoms with Gasteiger partial charge >= 0.3 is 65.0 Å². The van der Waals surface area contributed by atoms with Crippen molar-refractivity contribution < 1.29 is 74.4 Å². The zero-order chi connectivity index (χ0) is 4.00. The Bertz CT molecular complexity index is 9.61. The third kappa shape index (κ3) is 19.2. The summed E-state index contributed by atoms with van der Waals surface area (Å²) in [5, 5.41) is 0. The Morgan fingerprint density at radius 1 is 1.40 bits per heavy atom. The van der Waals surface area contributed by atoms with Crippen LogP contribution in [0.1, 0.15) is 0 Å². The van der Waals surface area contributed by atoms with Crippen molar-refractivity contribution in [2.75, 3.05) is 0 Å². The van der Waals surface area contributed by atoms with Gasteiger partial charge in [-0.05, 0) is 0 Å². The van der Waals surface area contributed by atoms with Crippen LogP contribution in [0.15, 0.2) is 0 Å². The van der Waals surface area contributed by atoms with Crippen LogP contribution in [0.25, 0.3) is 0 Å². The van der Waals surface area contributed by atoms with Crippen molar-refractivity contribution in [3.8, 4) is 0 Å². The van der Waals surface area contributed by atoms with Gasteiger partial charge in [0.15, 0.2) is 0 Å². The van der Waals surface area contributed by atoms with Gasteiger partial charge in [0.05, 0.1) is 0 Å². The van der Waals surface area contributed by atoms with E-state index < -0.39 is 0 Å². The summed E-state index contributed by atoms with van der Waals surface area (Å²) in [6, 6.07) is 0. The van der Waals surface area contributed by atoms with Gasteiger partial charge in [0.2, 0.25) is 0 Å². The first-order valence-electron chi connectivity index (χ1n) is 0.502. The summed E-state index contributed by atoms with van der Waals surface area (Å²) in [5.41, 5.74) is 0. The molecule has 0 rings (SSSR count).